The molecule has 0 aliphatic carbocycles. The van der Waals surface area contributed by atoms with Crippen LogP contribution < -0.4 is 10.9 Å². The summed E-state index contributed by atoms with van der Waals surface area (Å²) in [6.07, 6.45) is 3.02. The van der Waals surface area contributed by atoms with Crippen molar-refractivity contribution in [3.63, 3.8) is 0 Å². The summed E-state index contributed by atoms with van der Waals surface area (Å²) in [6.45, 7) is 0. The Hall–Kier alpha value is -4.46. The summed E-state index contributed by atoms with van der Waals surface area (Å²) in [5.41, 5.74) is 6.90. The number of para-hydroxylation sites is 2. The van der Waals surface area contributed by atoms with E-state index in [0.29, 0.717) is 22.8 Å². The Bertz CT molecular complexity index is 1140. The van der Waals surface area contributed by atoms with E-state index in [4.69, 9.17) is 0 Å². The molecule has 0 aliphatic heterocycles. The average molecular weight is 398 g/mol. The van der Waals surface area contributed by atoms with Gasteiger partial charge in [-0.05, 0) is 24.3 Å². The molecule has 0 radical (unpaired) electrons. The van der Waals surface area contributed by atoms with Gasteiger partial charge in [0.2, 0.25) is 0 Å². The molecular weight excluding hydrogens is 380 g/mol. The van der Waals surface area contributed by atoms with Gasteiger partial charge in [0.1, 0.15) is 11.5 Å². The van der Waals surface area contributed by atoms with Crippen LogP contribution in [0.2, 0.25) is 0 Å². The Morgan fingerprint density at radius 2 is 1.00 bits per heavy atom. The molecule has 148 valence electrons. The molecule has 1 heterocycles. The number of benzene rings is 3. The Morgan fingerprint density at radius 3 is 1.43 bits per heavy atom. The third kappa shape index (κ3) is 4.17. The van der Waals surface area contributed by atoms with Crippen LogP contribution in [0.3, 0.4) is 0 Å². The van der Waals surface area contributed by atoms with Crippen molar-refractivity contribution >= 4 is 34.8 Å². The standard InChI is InChI=1S/C22H18N6O2/c29-19-11-5-1-7-15(19)13-23-25-21-17-9-3-4-10-18(17)22(28-27-21)26-24-14-16-8-2-6-12-20(16)30/h1-14,29-30H,(H,25,27)(H,26,28)/b23-13+,24-14+. The summed E-state index contributed by atoms with van der Waals surface area (Å²) in [7, 11) is 0. The molecule has 8 heteroatoms. The number of hydrogen-bond acceptors (Lipinski definition) is 8. The third-order valence-corrected chi connectivity index (χ3v) is 4.31. The van der Waals surface area contributed by atoms with Crippen molar-refractivity contribution in [3.05, 3.63) is 83.9 Å². The Kier molecular flexibility index (Phi) is 5.47. The Morgan fingerprint density at radius 1 is 0.600 bits per heavy atom. The van der Waals surface area contributed by atoms with Crippen molar-refractivity contribution in [2.24, 2.45) is 10.2 Å². The second-order valence-electron chi connectivity index (χ2n) is 6.30. The molecule has 0 aliphatic rings. The maximum Gasteiger partial charge on any atom is 0.176 e. The molecular formula is C22H18N6O2. The van der Waals surface area contributed by atoms with Crippen LogP contribution in [-0.4, -0.2) is 32.8 Å². The smallest absolute Gasteiger partial charge is 0.176 e. The molecule has 0 saturated carbocycles. The van der Waals surface area contributed by atoms with Crippen LogP contribution >= 0.6 is 0 Å². The van der Waals surface area contributed by atoms with Gasteiger partial charge in [-0.2, -0.15) is 10.2 Å². The zero-order chi connectivity index (χ0) is 20.8. The highest BCUT2D eigenvalue weighted by atomic mass is 16.3. The summed E-state index contributed by atoms with van der Waals surface area (Å²) >= 11 is 0. The molecule has 30 heavy (non-hydrogen) atoms. The normalized spacial score (nSPS) is 11.3. The number of aromatic hydroxyl groups is 2. The lowest BCUT2D eigenvalue weighted by atomic mass is 10.2. The first kappa shape index (κ1) is 18.9. The van der Waals surface area contributed by atoms with Crippen LogP contribution in [-0.2, 0) is 0 Å². The van der Waals surface area contributed by atoms with E-state index in [2.05, 4.69) is 31.3 Å². The number of hydrogen-bond donors (Lipinski definition) is 4. The molecule has 1 aromatic heterocycles. The van der Waals surface area contributed by atoms with E-state index in [1.54, 1.807) is 36.4 Å². The second kappa shape index (κ2) is 8.70. The number of rotatable bonds is 6. The monoisotopic (exact) mass is 398 g/mol. The fourth-order valence-corrected chi connectivity index (χ4v) is 2.79. The number of phenols is 2. The van der Waals surface area contributed by atoms with Gasteiger partial charge in [0, 0.05) is 21.9 Å². The molecule has 0 saturated heterocycles. The van der Waals surface area contributed by atoms with Crippen LogP contribution in [0.1, 0.15) is 11.1 Å². The number of anilines is 2. The van der Waals surface area contributed by atoms with E-state index in [1.807, 2.05) is 36.4 Å². The quantitative estimate of drug-likeness (QED) is 0.289. The van der Waals surface area contributed by atoms with E-state index >= 15 is 0 Å². The van der Waals surface area contributed by atoms with Gasteiger partial charge in [0.05, 0.1) is 12.4 Å². The number of nitrogens with zero attached hydrogens (tertiary/aromatic N) is 4. The first-order valence-electron chi connectivity index (χ1n) is 9.12. The molecule has 0 atom stereocenters. The third-order valence-electron chi connectivity index (χ3n) is 4.31. The Balaban J connectivity index is 1.56. The van der Waals surface area contributed by atoms with Crippen LogP contribution in [0.15, 0.2) is 83.0 Å². The first-order chi connectivity index (χ1) is 14.7. The van der Waals surface area contributed by atoms with Crippen LogP contribution in [0.5, 0.6) is 11.5 Å². The molecule has 4 rings (SSSR count). The highest BCUT2D eigenvalue weighted by molar-refractivity contribution is 5.98. The van der Waals surface area contributed by atoms with Gasteiger partial charge in [-0.3, -0.25) is 10.9 Å². The van der Waals surface area contributed by atoms with Crippen molar-refractivity contribution in [2.45, 2.75) is 0 Å². The number of fused-ring (bicyclic) bond motifs is 1. The van der Waals surface area contributed by atoms with Gasteiger partial charge in [-0.25, -0.2) is 0 Å². The molecule has 0 spiro atoms. The highest BCUT2D eigenvalue weighted by Gasteiger charge is 2.08. The number of nitrogens with one attached hydrogen (secondary N) is 2. The van der Waals surface area contributed by atoms with Gasteiger partial charge in [0.15, 0.2) is 11.6 Å². The average Bonchev–Trinajstić information content (AvgIpc) is 2.77. The topological polar surface area (TPSA) is 115 Å². The van der Waals surface area contributed by atoms with Crippen molar-refractivity contribution in [1.29, 1.82) is 0 Å². The molecule has 3 aromatic carbocycles. The van der Waals surface area contributed by atoms with Crippen molar-refractivity contribution in [3.8, 4) is 11.5 Å². The molecule has 0 fully saturated rings. The van der Waals surface area contributed by atoms with Crippen molar-refractivity contribution in [2.75, 3.05) is 10.9 Å². The fourth-order valence-electron chi connectivity index (χ4n) is 2.79. The predicted molar refractivity (Wildman–Crippen MR) is 118 cm³/mol. The van der Waals surface area contributed by atoms with E-state index in [0.717, 1.165) is 10.8 Å². The molecule has 4 aromatic rings. The Labute approximate surface area is 172 Å². The lowest BCUT2D eigenvalue weighted by Crippen LogP contribution is -2.01. The summed E-state index contributed by atoms with van der Waals surface area (Å²) in [4.78, 5) is 0. The maximum absolute atomic E-state index is 9.81. The van der Waals surface area contributed by atoms with Crippen molar-refractivity contribution < 1.29 is 10.2 Å². The largest absolute Gasteiger partial charge is 0.507 e. The van der Waals surface area contributed by atoms with E-state index in [1.165, 1.54) is 12.4 Å². The van der Waals surface area contributed by atoms with Crippen LogP contribution in [0, 0.1) is 0 Å². The number of hydrazone groups is 2. The highest BCUT2D eigenvalue weighted by Crippen LogP contribution is 2.26. The predicted octanol–water partition coefficient (Wildman–Crippen LogP) is 3.93. The minimum Gasteiger partial charge on any atom is -0.507 e. The summed E-state index contributed by atoms with van der Waals surface area (Å²) in [5, 5.41) is 37.9. The fraction of sp³-hybridized carbons (Fsp3) is 0. The van der Waals surface area contributed by atoms with Crippen LogP contribution in [0.25, 0.3) is 10.8 Å². The van der Waals surface area contributed by atoms with Gasteiger partial charge in [-0.1, -0.05) is 48.5 Å². The molecule has 8 nitrogen and oxygen atoms in total. The minimum atomic E-state index is 0.140. The van der Waals surface area contributed by atoms with Gasteiger partial charge >= 0.3 is 0 Å². The lowest BCUT2D eigenvalue weighted by molar-refractivity contribution is 0.474. The summed E-state index contributed by atoms with van der Waals surface area (Å²) in [5.74, 6) is 1.21. The number of phenolic OH excluding ortho intramolecular Hbond substituents is 2. The molecule has 0 unspecified atom stereocenters. The second-order valence-corrected chi connectivity index (χ2v) is 6.30. The molecule has 0 bridgehead atoms. The summed E-state index contributed by atoms with van der Waals surface area (Å²) < 4.78 is 0. The first-order valence-corrected chi connectivity index (χ1v) is 9.12. The number of aromatic nitrogens is 2. The minimum absolute atomic E-state index is 0.140. The van der Waals surface area contributed by atoms with Gasteiger partial charge in [0.25, 0.3) is 0 Å². The maximum atomic E-state index is 9.81. The van der Waals surface area contributed by atoms with Crippen molar-refractivity contribution in [1.82, 2.24) is 10.2 Å². The lowest BCUT2D eigenvalue weighted by Gasteiger charge is -2.08. The van der Waals surface area contributed by atoms with E-state index in [-0.39, 0.29) is 11.5 Å². The molecule has 0 amide bonds. The van der Waals surface area contributed by atoms with Gasteiger partial charge < -0.3 is 10.2 Å². The zero-order valence-electron chi connectivity index (χ0n) is 15.8. The van der Waals surface area contributed by atoms with Crippen LogP contribution in [0.4, 0.5) is 11.6 Å². The van der Waals surface area contributed by atoms with E-state index < -0.39 is 0 Å². The SMILES string of the molecule is Oc1ccccc1/C=N/Nc1nnc(N/N=C/c2ccccc2O)c2ccccc12. The summed E-state index contributed by atoms with van der Waals surface area (Å²) in [6, 6.07) is 21.3. The van der Waals surface area contributed by atoms with Gasteiger partial charge in [-0.15, -0.1) is 10.2 Å². The van der Waals surface area contributed by atoms with E-state index in [9.17, 15) is 10.2 Å². The zero-order valence-corrected chi connectivity index (χ0v) is 15.8. The molecule has 4 N–H and O–H groups in total.